The molecule has 0 radical (unpaired) electrons. The van der Waals surface area contributed by atoms with Crippen LogP contribution in [-0.2, 0) is 10.4 Å². The first-order valence-corrected chi connectivity index (χ1v) is 6.62. The van der Waals surface area contributed by atoms with Crippen molar-refractivity contribution < 1.29 is 27.8 Å². The Morgan fingerprint density at radius 2 is 1.61 bits per heavy atom. The standard InChI is InChI=1S/C16H14F3NO3/c17-15(18,19)10-23-13-9-5-4-8-12(13)16(22,14(20)21)11-6-2-1-3-7-11/h1-9,22H,10H2,(H2,20,21). The summed E-state index contributed by atoms with van der Waals surface area (Å²) < 4.78 is 41.8. The summed E-state index contributed by atoms with van der Waals surface area (Å²) in [5.74, 6) is -1.39. The summed E-state index contributed by atoms with van der Waals surface area (Å²) in [7, 11) is 0. The van der Waals surface area contributed by atoms with Crippen LogP contribution in [0.3, 0.4) is 0 Å². The molecule has 1 amide bonds. The number of carbonyl (C=O) groups excluding carboxylic acids is 1. The number of nitrogens with two attached hydrogens (primary N) is 1. The van der Waals surface area contributed by atoms with Gasteiger partial charge in [-0.3, -0.25) is 4.79 Å². The van der Waals surface area contributed by atoms with Crippen molar-refractivity contribution in [1.29, 1.82) is 0 Å². The zero-order valence-electron chi connectivity index (χ0n) is 11.9. The topological polar surface area (TPSA) is 72.6 Å². The molecule has 0 aliphatic carbocycles. The highest BCUT2D eigenvalue weighted by Gasteiger charge is 2.41. The molecular formula is C16H14F3NO3. The SMILES string of the molecule is NC(=O)C(O)(c1ccccc1)c1ccccc1OCC(F)(F)F. The Labute approximate surface area is 130 Å². The third-order valence-corrected chi connectivity index (χ3v) is 3.22. The van der Waals surface area contributed by atoms with Gasteiger partial charge < -0.3 is 15.6 Å². The highest BCUT2D eigenvalue weighted by Crippen LogP contribution is 2.36. The Kier molecular flexibility index (Phi) is 4.60. The van der Waals surface area contributed by atoms with Crippen molar-refractivity contribution >= 4 is 5.91 Å². The van der Waals surface area contributed by atoms with Crippen LogP contribution in [0.15, 0.2) is 54.6 Å². The van der Waals surface area contributed by atoms with Crippen molar-refractivity contribution in [3.05, 3.63) is 65.7 Å². The molecule has 0 aromatic heterocycles. The Morgan fingerprint density at radius 1 is 1.04 bits per heavy atom. The number of hydrogen-bond acceptors (Lipinski definition) is 3. The molecule has 4 nitrogen and oxygen atoms in total. The van der Waals surface area contributed by atoms with E-state index in [4.69, 9.17) is 10.5 Å². The molecule has 0 aliphatic rings. The van der Waals surface area contributed by atoms with Gasteiger partial charge in [-0.25, -0.2) is 0 Å². The highest BCUT2D eigenvalue weighted by molar-refractivity contribution is 5.89. The van der Waals surface area contributed by atoms with Gasteiger partial charge in [0.1, 0.15) is 5.75 Å². The largest absolute Gasteiger partial charge is 0.484 e. The van der Waals surface area contributed by atoms with Gasteiger partial charge in [0.25, 0.3) is 5.91 Å². The summed E-state index contributed by atoms with van der Waals surface area (Å²) in [5, 5.41) is 10.8. The number of primary amides is 1. The van der Waals surface area contributed by atoms with E-state index >= 15 is 0 Å². The predicted molar refractivity (Wildman–Crippen MR) is 76.6 cm³/mol. The molecule has 0 spiro atoms. The van der Waals surface area contributed by atoms with Crippen LogP contribution in [0.1, 0.15) is 11.1 Å². The number of alkyl halides is 3. The zero-order valence-corrected chi connectivity index (χ0v) is 11.9. The van der Waals surface area contributed by atoms with Gasteiger partial charge in [-0.2, -0.15) is 13.2 Å². The average molecular weight is 325 g/mol. The van der Waals surface area contributed by atoms with Gasteiger partial charge in [-0.05, 0) is 11.6 Å². The van der Waals surface area contributed by atoms with Crippen LogP contribution in [0.25, 0.3) is 0 Å². The van der Waals surface area contributed by atoms with Crippen LogP contribution >= 0.6 is 0 Å². The average Bonchev–Trinajstić information content (AvgIpc) is 2.52. The van der Waals surface area contributed by atoms with Crippen molar-refractivity contribution in [2.45, 2.75) is 11.8 Å². The highest BCUT2D eigenvalue weighted by atomic mass is 19.4. The zero-order chi connectivity index (χ0) is 17.1. The molecule has 2 aromatic rings. The monoisotopic (exact) mass is 325 g/mol. The lowest BCUT2D eigenvalue weighted by Crippen LogP contribution is -2.42. The minimum atomic E-state index is -4.55. The van der Waals surface area contributed by atoms with Crippen molar-refractivity contribution in [3.8, 4) is 5.75 Å². The molecule has 0 heterocycles. The molecule has 23 heavy (non-hydrogen) atoms. The fraction of sp³-hybridized carbons (Fsp3) is 0.188. The summed E-state index contributed by atoms with van der Waals surface area (Å²) in [6.07, 6.45) is -4.55. The van der Waals surface area contributed by atoms with Crippen molar-refractivity contribution in [2.75, 3.05) is 6.61 Å². The van der Waals surface area contributed by atoms with Crippen LogP contribution in [-0.4, -0.2) is 23.8 Å². The van der Waals surface area contributed by atoms with E-state index in [1.54, 1.807) is 18.2 Å². The molecule has 122 valence electrons. The second kappa shape index (κ2) is 6.29. The lowest BCUT2D eigenvalue weighted by Gasteiger charge is -2.27. The normalized spacial score (nSPS) is 14.1. The second-order valence-corrected chi connectivity index (χ2v) is 4.84. The Hall–Kier alpha value is -2.54. The quantitative estimate of drug-likeness (QED) is 0.886. The molecule has 3 N–H and O–H groups in total. The molecule has 7 heteroatoms. The fourth-order valence-electron chi connectivity index (χ4n) is 2.16. The minimum Gasteiger partial charge on any atom is -0.484 e. The molecular weight excluding hydrogens is 311 g/mol. The van der Waals surface area contributed by atoms with Crippen LogP contribution in [0, 0.1) is 0 Å². The van der Waals surface area contributed by atoms with Gasteiger partial charge in [0.15, 0.2) is 12.2 Å². The van der Waals surface area contributed by atoms with Crippen molar-refractivity contribution in [2.24, 2.45) is 5.73 Å². The van der Waals surface area contributed by atoms with Gasteiger partial charge in [0.2, 0.25) is 0 Å². The second-order valence-electron chi connectivity index (χ2n) is 4.84. The lowest BCUT2D eigenvalue weighted by atomic mass is 9.85. The molecule has 2 aromatic carbocycles. The first-order valence-electron chi connectivity index (χ1n) is 6.62. The predicted octanol–water partition coefficient (Wildman–Crippen LogP) is 2.35. The number of amides is 1. The molecule has 0 saturated heterocycles. The van der Waals surface area contributed by atoms with E-state index in [2.05, 4.69) is 0 Å². The summed E-state index contributed by atoms with van der Waals surface area (Å²) >= 11 is 0. The third-order valence-electron chi connectivity index (χ3n) is 3.22. The number of para-hydroxylation sites is 1. The van der Waals surface area contributed by atoms with E-state index in [-0.39, 0.29) is 16.9 Å². The van der Waals surface area contributed by atoms with Gasteiger partial charge >= 0.3 is 6.18 Å². The summed E-state index contributed by atoms with van der Waals surface area (Å²) in [4.78, 5) is 11.9. The third kappa shape index (κ3) is 3.62. The van der Waals surface area contributed by atoms with Gasteiger partial charge in [0.05, 0.1) is 0 Å². The van der Waals surface area contributed by atoms with E-state index in [9.17, 15) is 23.1 Å². The molecule has 2 rings (SSSR count). The van der Waals surface area contributed by atoms with Crippen molar-refractivity contribution in [3.63, 3.8) is 0 Å². The lowest BCUT2D eigenvalue weighted by molar-refractivity contribution is -0.154. The van der Waals surface area contributed by atoms with E-state index in [0.29, 0.717) is 0 Å². The Balaban J connectivity index is 2.51. The van der Waals surface area contributed by atoms with E-state index < -0.39 is 24.3 Å². The summed E-state index contributed by atoms with van der Waals surface area (Å²) in [6.45, 7) is -1.55. The van der Waals surface area contributed by atoms with Crippen LogP contribution in [0.2, 0.25) is 0 Å². The molecule has 0 fully saturated rings. The number of carbonyl (C=O) groups is 1. The maximum Gasteiger partial charge on any atom is 0.422 e. The first kappa shape index (κ1) is 16.8. The summed E-state index contributed by atoms with van der Waals surface area (Å²) in [6, 6.07) is 13.1. The molecule has 0 bridgehead atoms. The van der Waals surface area contributed by atoms with Crippen LogP contribution < -0.4 is 10.5 Å². The Bertz CT molecular complexity index is 688. The maximum absolute atomic E-state index is 12.4. The van der Waals surface area contributed by atoms with E-state index in [1.165, 1.54) is 36.4 Å². The molecule has 1 atom stereocenters. The maximum atomic E-state index is 12.4. The Morgan fingerprint density at radius 3 is 2.17 bits per heavy atom. The number of rotatable bonds is 5. The van der Waals surface area contributed by atoms with Gasteiger partial charge in [0, 0.05) is 5.56 Å². The molecule has 1 unspecified atom stereocenters. The van der Waals surface area contributed by atoms with E-state index in [0.717, 1.165) is 0 Å². The molecule has 0 saturated carbocycles. The minimum absolute atomic E-state index is 0.135. The smallest absolute Gasteiger partial charge is 0.422 e. The summed E-state index contributed by atoms with van der Waals surface area (Å²) in [5.41, 5.74) is 3.00. The van der Waals surface area contributed by atoms with Gasteiger partial charge in [-0.1, -0.05) is 48.5 Å². The van der Waals surface area contributed by atoms with Crippen LogP contribution in [0.5, 0.6) is 5.75 Å². The number of hydrogen-bond donors (Lipinski definition) is 2. The number of benzene rings is 2. The first-order chi connectivity index (χ1) is 10.7. The fourth-order valence-corrected chi connectivity index (χ4v) is 2.16. The van der Waals surface area contributed by atoms with E-state index in [1.807, 2.05) is 0 Å². The number of ether oxygens (including phenoxy) is 1. The number of halogens is 3. The molecule has 0 aliphatic heterocycles. The van der Waals surface area contributed by atoms with Crippen molar-refractivity contribution in [1.82, 2.24) is 0 Å². The number of aliphatic hydroxyl groups is 1. The van der Waals surface area contributed by atoms with Gasteiger partial charge in [-0.15, -0.1) is 0 Å². The van der Waals surface area contributed by atoms with Crippen LogP contribution in [0.4, 0.5) is 13.2 Å².